The van der Waals surface area contributed by atoms with Crippen molar-refractivity contribution in [1.82, 2.24) is 25.0 Å². The van der Waals surface area contributed by atoms with Gasteiger partial charge in [-0.05, 0) is 75.3 Å². The van der Waals surface area contributed by atoms with Crippen LogP contribution in [0.25, 0.3) is 11.3 Å². The van der Waals surface area contributed by atoms with Gasteiger partial charge in [-0.15, -0.1) is 10.2 Å². The van der Waals surface area contributed by atoms with Crippen molar-refractivity contribution in [3.05, 3.63) is 59.9 Å². The number of primary amides is 1. The third kappa shape index (κ3) is 5.18. The zero-order valence-electron chi connectivity index (χ0n) is 22.1. The molecule has 4 aromatic rings. The highest BCUT2D eigenvalue weighted by molar-refractivity contribution is 7.67. The van der Waals surface area contributed by atoms with Crippen molar-refractivity contribution in [3.63, 3.8) is 0 Å². The van der Waals surface area contributed by atoms with E-state index in [0.29, 0.717) is 34.3 Å². The molecule has 6 rings (SSSR count). The number of pyridine rings is 1. The Bertz CT molecular complexity index is 1630. The van der Waals surface area contributed by atoms with Crippen molar-refractivity contribution in [2.45, 2.75) is 37.0 Å². The average Bonchev–Trinajstić information content (AvgIpc) is 3.89. The number of hydrogen-bond acceptors (Lipinski definition) is 9. The van der Waals surface area contributed by atoms with Crippen molar-refractivity contribution in [2.24, 2.45) is 12.8 Å². The van der Waals surface area contributed by atoms with E-state index in [9.17, 15) is 10.1 Å². The number of carbonyl (C=O) groups excluding carboxylic acids is 1. The van der Waals surface area contributed by atoms with E-state index in [1.807, 2.05) is 29.9 Å². The fourth-order valence-electron chi connectivity index (χ4n) is 4.84. The van der Waals surface area contributed by atoms with E-state index in [2.05, 4.69) is 38.0 Å². The Labute approximate surface area is 232 Å². The summed E-state index contributed by atoms with van der Waals surface area (Å²) >= 11 is 0. The molecule has 3 aromatic heterocycles. The van der Waals surface area contributed by atoms with Crippen LogP contribution in [0, 0.1) is 11.3 Å². The molecule has 0 saturated heterocycles. The summed E-state index contributed by atoms with van der Waals surface area (Å²) in [6.45, 7) is 0. The summed E-state index contributed by atoms with van der Waals surface area (Å²) in [7, 11) is 3.44. The number of para-hydroxylation sites is 1. The molecule has 12 heteroatoms. The zero-order valence-corrected chi connectivity index (χ0v) is 23.0. The Morgan fingerprint density at radius 1 is 1.07 bits per heavy atom. The molecule has 2 fully saturated rings. The number of methoxy groups -OCH3 is 1. The first-order valence-corrected chi connectivity index (χ1v) is 14.5. The topological polar surface area (TPSA) is 157 Å². The maximum Gasteiger partial charge on any atom is 0.271 e. The largest absolute Gasteiger partial charge is 0.494 e. The lowest BCUT2D eigenvalue weighted by Gasteiger charge is -2.16. The molecule has 2 aliphatic carbocycles. The van der Waals surface area contributed by atoms with Gasteiger partial charge >= 0.3 is 0 Å². The number of amides is 1. The summed E-state index contributed by atoms with van der Waals surface area (Å²) in [5.74, 6) is 0.575. The molecule has 1 amide bonds. The molecule has 11 nitrogen and oxygen atoms in total. The van der Waals surface area contributed by atoms with Crippen LogP contribution in [0.4, 0.5) is 23.0 Å². The SMILES string of the molecule is COc1c(Nc2cc(Nc3cc(C#N)ccn3)nnc2C(N)=O)cccc1-c1cc(P(C2CC2)C2CC2)n(C)n1. The molecular weight excluding hydrogens is 525 g/mol. The lowest BCUT2D eigenvalue weighted by Crippen LogP contribution is -2.17. The number of rotatable bonds is 10. The van der Waals surface area contributed by atoms with Gasteiger partial charge in [0.1, 0.15) is 5.82 Å². The molecule has 0 radical (unpaired) electrons. The Morgan fingerprint density at radius 2 is 1.85 bits per heavy atom. The number of hydrogen-bond donors (Lipinski definition) is 3. The van der Waals surface area contributed by atoms with Gasteiger partial charge in [-0.1, -0.05) is 6.07 Å². The van der Waals surface area contributed by atoms with E-state index >= 15 is 0 Å². The molecule has 0 bridgehead atoms. The number of aryl methyl sites for hydroxylation is 1. The molecule has 40 heavy (non-hydrogen) atoms. The number of nitrogens with one attached hydrogen (secondary N) is 2. The van der Waals surface area contributed by atoms with Crippen LogP contribution in [0.15, 0.2) is 48.7 Å². The Hall–Kier alpha value is -4.55. The molecule has 0 atom stereocenters. The summed E-state index contributed by atoms with van der Waals surface area (Å²) in [5.41, 5.74) is 11.7. The van der Waals surface area contributed by atoms with Crippen molar-refractivity contribution in [2.75, 3.05) is 17.7 Å². The summed E-state index contributed by atoms with van der Waals surface area (Å²) in [5, 5.41) is 28.4. The Morgan fingerprint density at radius 3 is 2.52 bits per heavy atom. The molecule has 4 N–H and O–H groups in total. The lowest BCUT2D eigenvalue weighted by molar-refractivity contribution is 0.0995. The predicted molar refractivity (Wildman–Crippen MR) is 154 cm³/mol. The third-order valence-corrected chi connectivity index (χ3v) is 10.5. The first kappa shape index (κ1) is 25.7. The zero-order chi connectivity index (χ0) is 27.8. The number of nitrogens with zero attached hydrogens (tertiary/aromatic N) is 6. The van der Waals surface area contributed by atoms with Crippen LogP contribution in [-0.2, 0) is 7.05 Å². The van der Waals surface area contributed by atoms with Crippen LogP contribution in [0.1, 0.15) is 41.7 Å². The van der Waals surface area contributed by atoms with Crippen LogP contribution in [0.2, 0.25) is 0 Å². The molecule has 2 aliphatic rings. The van der Waals surface area contributed by atoms with Gasteiger partial charge in [0.15, 0.2) is 17.3 Å². The number of nitrogens with two attached hydrogens (primary N) is 1. The van der Waals surface area contributed by atoms with Crippen molar-refractivity contribution in [1.29, 1.82) is 5.26 Å². The molecular formula is C28H28N9O2P. The highest BCUT2D eigenvalue weighted by atomic mass is 31.1. The van der Waals surface area contributed by atoms with Gasteiger partial charge < -0.3 is 21.1 Å². The van der Waals surface area contributed by atoms with Gasteiger partial charge in [-0.2, -0.15) is 10.4 Å². The van der Waals surface area contributed by atoms with Gasteiger partial charge in [0.05, 0.1) is 41.2 Å². The normalized spacial score (nSPS) is 14.6. The summed E-state index contributed by atoms with van der Waals surface area (Å²) in [4.78, 5) is 16.4. The van der Waals surface area contributed by atoms with Gasteiger partial charge in [-0.3, -0.25) is 9.48 Å². The fraction of sp³-hybridized carbons (Fsp3) is 0.286. The number of benzene rings is 1. The van der Waals surface area contributed by atoms with Crippen LogP contribution in [0.5, 0.6) is 5.75 Å². The number of nitriles is 1. The lowest BCUT2D eigenvalue weighted by atomic mass is 10.1. The van der Waals surface area contributed by atoms with Gasteiger partial charge in [0, 0.05) is 24.9 Å². The van der Waals surface area contributed by atoms with Gasteiger partial charge in [0.2, 0.25) is 0 Å². The second kappa shape index (κ2) is 10.5. The second-order valence-electron chi connectivity index (χ2n) is 9.92. The minimum absolute atomic E-state index is 0.0311. The predicted octanol–water partition coefficient (Wildman–Crippen LogP) is 4.17. The smallest absolute Gasteiger partial charge is 0.271 e. The van der Waals surface area contributed by atoms with Crippen molar-refractivity contribution in [3.8, 4) is 23.1 Å². The maximum absolute atomic E-state index is 12.2. The van der Waals surface area contributed by atoms with Crippen molar-refractivity contribution >= 4 is 42.3 Å². The number of carbonyl (C=O) groups is 1. The molecule has 2 saturated carbocycles. The summed E-state index contributed by atoms with van der Waals surface area (Å²) < 4.78 is 7.91. The molecule has 0 unspecified atom stereocenters. The Balaban J connectivity index is 1.33. The average molecular weight is 554 g/mol. The highest BCUT2D eigenvalue weighted by Gasteiger charge is 2.43. The second-order valence-corrected chi connectivity index (χ2v) is 12.6. The maximum atomic E-state index is 12.2. The van der Waals surface area contributed by atoms with Crippen LogP contribution < -0.4 is 26.5 Å². The van der Waals surface area contributed by atoms with Gasteiger partial charge in [-0.25, -0.2) is 4.98 Å². The quantitative estimate of drug-likeness (QED) is 0.245. The van der Waals surface area contributed by atoms with E-state index < -0.39 is 5.91 Å². The highest BCUT2D eigenvalue weighted by Crippen LogP contribution is 2.63. The Kier molecular flexibility index (Phi) is 6.78. The van der Waals surface area contributed by atoms with E-state index in [1.165, 1.54) is 37.3 Å². The van der Waals surface area contributed by atoms with E-state index in [-0.39, 0.29) is 13.6 Å². The number of anilines is 4. The van der Waals surface area contributed by atoms with E-state index in [1.54, 1.807) is 25.3 Å². The third-order valence-electron chi connectivity index (χ3n) is 6.94. The van der Waals surface area contributed by atoms with Crippen LogP contribution in [0.3, 0.4) is 0 Å². The number of ether oxygens (including phenoxy) is 1. The standard InChI is InChI=1S/C28H28N9O2P/c1-37-25(40(17-6-7-17)18-8-9-18)14-21(36-37)19-4-3-5-20(27(19)39-2)32-22-13-24(34-35-26(22)28(30)38)33-23-12-16(15-29)10-11-31-23/h3-5,10-14,17-18H,6-9H2,1-2H3,(H2,30,38)(H2,31,32,33,34). The summed E-state index contributed by atoms with van der Waals surface area (Å²) in [6, 6.07) is 14.8. The molecule has 1 aromatic carbocycles. The monoisotopic (exact) mass is 553 g/mol. The fourth-order valence-corrected chi connectivity index (χ4v) is 8.25. The molecule has 0 spiro atoms. The minimum atomic E-state index is -0.732. The van der Waals surface area contributed by atoms with E-state index in [0.717, 1.165) is 22.6 Å². The molecule has 0 aliphatic heterocycles. The number of aromatic nitrogens is 5. The minimum Gasteiger partial charge on any atom is -0.494 e. The molecule has 202 valence electrons. The van der Waals surface area contributed by atoms with Gasteiger partial charge in [0.25, 0.3) is 5.91 Å². The van der Waals surface area contributed by atoms with Crippen molar-refractivity contribution < 1.29 is 9.53 Å². The van der Waals surface area contributed by atoms with Crippen LogP contribution >= 0.6 is 7.92 Å². The van der Waals surface area contributed by atoms with Crippen LogP contribution in [-0.4, -0.2) is 49.3 Å². The molecule has 3 heterocycles. The first-order valence-electron chi connectivity index (χ1n) is 13.0. The first-order chi connectivity index (χ1) is 19.4. The summed E-state index contributed by atoms with van der Waals surface area (Å²) in [6.07, 6.45) is 6.81. The van der Waals surface area contributed by atoms with E-state index in [4.69, 9.17) is 15.6 Å².